The van der Waals surface area contributed by atoms with Gasteiger partial charge in [-0.3, -0.25) is 9.48 Å². The fraction of sp³-hybridized carbons (Fsp3) is 0.692. The summed E-state index contributed by atoms with van der Waals surface area (Å²) in [5.74, 6) is 0.144. The topological polar surface area (TPSA) is 64.2 Å². The maximum Gasteiger partial charge on any atom is 0.225 e. The summed E-state index contributed by atoms with van der Waals surface area (Å²) in [7, 11) is 0. The third-order valence-corrected chi connectivity index (χ3v) is 3.41. The first kappa shape index (κ1) is 13.1. The van der Waals surface area contributed by atoms with E-state index >= 15 is 0 Å². The molecule has 2 unspecified atom stereocenters. The molecule has 18 heavy (non-hydrogen) atoms. The van der Waals surface area contributed by atoms with Gasteiger partial charge in [0.1, 0.15) is 0 Å². The smallest absolute Gasteiger partial charge is 0.225 e. The number of carbonyl (C=O) groups is 1. The maximum absolute atomic E-state index is 12.0. The monoisotopic (exact) mass is 250 g/mol. The second kappa shape index (κ2) is 5.10. The molecule has 2 N–H and O–H groups in total. The molecule has 2 atom stereocenters. The summed E-state index contributed by atoms with van der Waals surface area (Å²) in [4.78, 5) is 13.8. The van der Waals surface area contributed by atoms with Crippen LogP contribution in [-0.4, -0.2) is 32.7 Å². The quantitative estimate of drug-likeness (QED) is 0.876. The highest BCUT2D eigenvalue weighted by Gasteiger charge is 2.40. The molecule has 1 aromatic heterocycles. The van der Waals surface area contributed by atoms with E-state index in [-0.39, 0.29) is 24.0 Å². The lowest BCUT2D eigenvalue weighted by molar-refractivity contribution is -0.130. The van der Waals surface area contributed by atoms with Crippen molar-refractivity contribution in [3.05, 3.63) is 18.0 Å². The Bertz CT molecular complexity index is 426. The van der Waals surface area contributed by atoms with Crippen LogP contribution in [0, 0.1) is 0 Å². The standard InChI is InChI=1S/C13H22N4O/c1-4-5-16-8-10(7-15-16)13-11(14)6-12(18)17(13)9(2)3/h7-9,11,13H,4-6,14H2,1-3H3. The molecule has 0 saturated carbocycles. The molecule has 0 aliphatic carbocycles. The Labute approximate surface area is 108 Å². The highest BCUT2D eigenvalue weighted by atomic mass is 16.2. The summed E-state index contributed by atoms with van der Waals surface area (Å²) in [6, 6.07) is 0.0212. The van der Waals surface area contributed by atoms with Gasteiger partial charge in [-0.2, -0.15) is 5.10 Å². The predicted octanol–water partition coefficient (Wildman–Crippen LogP) is 1.30. The van der Waals surface area contributed by atoms with Gasteiger partial charge >= 0.3 is 0 Å². The SMILES string of the molecule is CCCn1cc(C2C(N)CC(=O)N2C(C)C)cn1. The molecule has 5 heteroatoms. The highest BCUT2D eigenvalue weighted by molar-refractivity contribution is 5.80. The van der Waals surface area contributed by atoms with Crippen LogP contribution in [0.25, 0.3) is 0 Å². The van der Waals surface area contributed by atoms with Gasteiger partial charge in [-0.05, 0) is 20.3 Å². The lowest BCUT2D eigenvalue weighted by Gasteiger charge is -2.29. The van der Waals surface area contributed by atoms with E-state index in [1.807, 2.05) is 35.8 Å². The molecule has 2 rings (SSSR count). The normalized spacial score (nSPS) is 24.3. The number of hydrogen-bond acceptors (Lipinski definition) is 3. The molecule has 1 saturated heterocycles. The lowest BCUT2D eigenvalue weighted by atomic mass is 10.0. The third-order valence-electron chi connectivity index (χ3n) is 3.41. The molecule has 1 aliphatic heterocycles. The Morgan fingerprint density at radius 3 is 2.89 bits per heavy atom. The average Bonchev–Trinajstić information content (AvgIpc) is 2.83. The molecular formula is C13H22N4O. The highest BCUT2D eigenvalue weighted by Crippen LogP contribution is 2.33. The summed E-state index contributed by atoms with van der Waals surface area (Å²) in [6.07, 6.45) is 5.34. The molecule has 0 aromatic carbocycles. The van der Waals surface area contributed by atoms with Crippen LogP contribution >= 0.6 is 0 Å². The summed E-state index contributed by atoms with van der Waals surface area (Å²) in [6.45, 7) is 7.07. The molecule has 0 bridgehead atoms. The zero-order valence-electron chi connectivity index (χ0n) is 11.3. The van der Waals surface area contributed by atoms with E-state index in [9.17, 15) is 4.79 Å². The van der Waals surface area contributed by atoms with Crippen LogP contribution in [0.1, 0.15) is 45.2 Å². The summed E-state index contributed by atoms with van der Waals surface area (Å²) >= 11 is 0. The van der Waals surface area contributed by atoms with Gasteiger partial charge in [0, 0.05) is 36.8 Å². The van der Waals surface area contributed by atoms with Gasteiger partial charge in [0.15, 0.2) is 0 Å². The maximum atomic E-state index is 12.0. The van der Waals surface area contributed by atoms with Crippen molar-refractivity contribution in [1.82, 2.24) is 14.7 Å². The zero-order valence-corrected chi connectivity index (χ0v) is 11.3. The van der Waals surface area contributed by atoms with E-state index in [4.69, 9.17) is 5.73 Å². The van der Waals surface area contributed by atoms with Crippen molar-refractivity contribution in [2.45, 2.75) is 58.3 Å². The van der Waals surface area contributed by atoms with Crippen molar-refractivity contribution in [2.24, 2.45) is 5.73 Å². The molecule has 1 aliphatic rings. The Morgan fingerprint density at radius 2 is 2.28 bits per heavy atom. The van der Waals surface area contributed by atoms with E-state index in [1.165, 1.54) is 0 Å². The van der Waals surface area contributed by atoms with Crippen LogP contribution in [0.5, 0.6) is 0 Å². The Morgan fingerprint density at radius 1 is 1.56 bits per heavy atom. The molecule has 100 valence electrons. The zero-order chi connectivity index (χ0) is 13.3. The van der Waals surface area contributed by atoms with Gasteiger partial charge in [-0.25, -0.2) is 0 Å². The molecular weight excluding hydrogens is 228 g/mol. The summed E-state index contributed by atoms with van der Waals surface area (Å²) in [5, 5.41) is 4.33. The first-order chi connectivity index (χ1) is 8.54. The van der Waals surface area contributed by atoms with Crippen molar-refractivity contribution in [3.8, 4) is 0 Å². The fourth-order valence-electron chi connectivity index (χ4n) is 2.68. The number of nitrogens with zero attached hydrogens (tertiary/aromatic N) is 3. The van der Waals surface area contributed by atoms with Crippen LogP contribution in [-0.2, 0) is 11.3 Å². The molecule has 1 amide bonds. The molecule has 5 nitrogen and oxygen atoms in total. The minimum atomic E-state index is -0.126. The van der Waals surface area contributed by atoms with E-state index in [0.717, 1.165) is 18.5 Å². The number of rotatable bonds is 4. The number of likely N-dealkylation sites (tertiary alicyclic amines) is 1. The van der Waals surface area contributed by atoms with Crippen LogP contribution < -0.4 is 5.73 Å². The van der Waals surface area contributed by atoms with Gasteiger partial charge < -0.3 is 10.6 Å². The largest absolute Gasteiger partial charge is 0.331 e. The lowest BCUT2D eigenvalue weighted by Crippen LogP contribution is -2.37. The van der Waals surface area contributed by atoms with E-state index in [2.05, 4.69) is 12.0 Å². The minimum Gasteiger partial charge on any atom is -0.331 e. The van der Waals surface area contributed by atoms with Crippen molar-refractivity contribution >= 4 is 5.91 Å². The number of nitrogens with two attached hydrogens (primary N) is 1. The second-order valence-corrected chi connectivity index (χ2v) is 5.24. The predicted molar refractivity (Wildman–Crippen MR) is 69.8 cm³/mol. The molecule has 0 spiro atoms. The van der Waals surface area contributed by atoms with Crippen molar-refractivity contribution < 1.29 is 4.79 Å². The van der Waals surface area contributed by atoms with Gasteiger partial charge in [0.2, 0.25) is 5.91 Å². The van der Waals surface area contributed by atoms with Crippen LogP contribution in [0.15, 0.2) is 12.4 Å². The number of hydrogen-bond donors (Lipinski definition) is 1. The molecule has 2 heterocycles. The molecule has 1 aromatic rings. The van der Waals surface area contributed by atoms with Gasteiger partial charge in [-0.1, -0.05) is 6.92 Å². The number of aryl methyl sites for hydroxylation is 1. The Hall–Kier alpha value is -1.36. The van der Waals surface area contributed by atoms with E-state index in [0.29, 0.717) is 6.42 Å². The van der Waals surface area contributed by atoms with Crippen molar-refractivity contribution in [2.75, 3.05) is 0 Å². The average molecular weight is 250 g/mol. The van der Waals surface area contributed by atoms with Crippen LogP contribution in [0.4, 0.5) is 0 Å². The number of aromatic nitrogens is 2. The summed E-state index contributed by atoms with van der Waals surface area (Å²) in [5.41, 5.74) is 7.16. The van der Waals surface area contributed by atoms with Gasteiger partial charge in [0.05, 0.1) is 12.2 Å². The van der Waals surface area contributed by atoms with E-state index < -0.39 is 0 Å². The number of amides is 1. The first-order valence-electron chi connectivity index (χ1n) is 6.63. The Kier molecular flexibility index (Phi) is 3.71. The van der Waals surface area contributed by atoms with Crippen molar-refractivity contribution in [3.63, 3.8) is 0 Å². The minimum absolute atomic E-state index is 0.0249. The van der Waals surface area contributed by atoms with Crippen LogP contribution in [0.3, 0.4) is 0 Å². The Balaban J connectivity index is 2.25. The first-order valence-corrected chi connectivity index (χ1v) is 6.63. The fourth-order valence-corrected chi connectivity index (χ4v) is 2.68. The van der Waals surface area contributed by atoms with Gasteiger partial charge in [0.25, 0.3) is 0 Å². The molecule has 1 fully saturated rings. The van der Waals surface area contributed by atoms with Crippen LogP contribution in [0.2, 0.25) is 0 Å². The molecule has 0 radical (unpaired) electrons. The van der Waals surface area contributed by atoms with Gasteiger partial charge in [-0.15, -0.1) is 0 Å². The van der Waals surface area contributed by atoms with Crippen molar-refractivity contribution in [1.29, 1.82) is 0 Å². The summed E-state index contributed by atoms with van der Waals surface area (Å²) < 4.78 is 1.92. The number of carbonyl (C=O) groups excluding carboxylic acids is 1. The third kappa shape index (κ3) is 2.27. The second-order valence-electron chi connectivity index (χ2n) is 5.24. The van der Waals surface area contributed by atoms with E-state index in [1.54, 1.807) is 0 Å².